The molecule has 3 amide bonds. The fourth-order valence-corrected chi connectivity index (χ4v) is 9.49. The number of hydrogen-bond acceptors (Lipinski definition) is 23. The van der Waals surface area contributed by atoms with E-state index in [-0.39, 0.29) is 59.9 Å². The lowest BCUT2D eigenvalue weighted by Crippen LogP contribution is -2.61. The van der Waals surface area contributed by atoms with E-state index in [0.717, 1.165) is 0 Å². The normalized spacial score (nSPS) is 26.0. The third-order valence-corrected chi connectivity index (χ3v) is 13.6. The third-order valence-electron chi connectivity index (χ3n) is 13.6. The summed E-state index contributed by atoms with van der Waals surface area (Å²) in [5, 5.41) is 94.1. The van der Waals surface area contributed by atoms with Gasteiger partial charge in [0.1, 0.15) is 73.7 Å². The first-order valence-electron chi connectivity index (χ1n) is 24.4. The van der Waals surface area contributed by atoms with Crippen molar-refractivity contribution in [1.82, 2.24) is 5.32 Å². The number of alkyl carbamates (subject to hydrolysis) is 1. The fourth-order valence-electron chi connectivity index (χ4n) is 9.49. The number of phenolic OH excluding ortho intramolecular Hbond substituents is 2. The Bertz CT molecular complexity index is 3020. The van der Waals surface area contributed by atoms with E-state index in [4.69, 9.17) is 37.9 Å². The Hall–Kier alpha value is -8.05. The van der Waals surface area contributed by atoms with E-state index in [0.29, 0.717) is 16.8 Å². The molecule has 420 valence electrons. The summed E-state index contributed by atoms with van der Waals surface area (Å²) < 4.78 is 43.2. The number of phenols is 2. The highest BCUT2D eigenvalue weighted by atomic mass is 16.7. The Balaban J connectivity index is 0.827. The zero-order chi connectivity index (χ0) is 57.0. The lowest BCUT2D eigenvalue weighted by molar-refractivity contribution is -0.278. The summed E-state index contributed by atoms with van der Waals surface area (Å²) in [7, 11) is 1.28. The van der Waals surface area contributed by atoms with E-state index in [1.807, 2.05) is 0 Å². The smallest absolute Gasteiger partial charge is 0.414 e. The molecule has 2 saturated heterocycles. The van der Waals surface area contributed by atoms with Crippen molar-refractivity contribution in [3.05, 3.63) is 124 Å². The van der Waals surface area contributed by atoms with Crippen LogP contribution in [0.25, 0.3) is 0 Å². The third kappa shape index (κ3) is 12.0. The molecular weight excluding hydrogens is 1050 g/mol. The average molecular weight is 1100 g/mol. The van der Waals surface area contributed by atoms with Gasteiger partial charge in [0.2, 0.25) is 12.1 Å². The maximum Gasteiger partial charge on any atom is 0.414 e. The number of anilines is 2. The molecule has 4 aliphatic rings. The van der Waals surface area contributed by atoms with E-state index in [1.165, 1.54) is 74.7 Å². The molecule has 26 nitrogen and oxygen atoms in total. The summed E-state index contributed by atoms with van der Waals surface area (Å²) in [4.78, 5) is 91.4. The van der Waals surface area contributed by atoms with Crippen molar-refractivity contribution in [2.75, 3.05) is 31.0 Å². The van der Waals surface area contributed by atoms with Gasteiger partial charge in [-0.2, -0.15) is 0 Å². The molecule has 4 aromatic rings. The van der Waals surface area contributed by atoms with Crippen LogP contribution in [-0.4, -0.2) is 164 Å². The zero-order valence-electron chi connectivity index (χ0n) is 42.1. The Morgan fingerprint density at radius 3 is 2.00 bits per heavy atom. The maximum atomic E-state index is 14.0. The molecule has 0 unspecified atom stereocenters. The second-order valence-corrected chi connectivity index (χ2v) is 18.8. The number of hydrogen-bond donors (Lipinski definition) is 11. The van der Waals surface area contributed by atoms with Gasteiger partial charge in [-0.15, -0.1) is 0 Å². The Morgan fingerprint density at radius 2 is 1.38 bits per heavy atom. The van der Waals surface area contributed by atoms with Crippen LogP contribution >= 0.6 is 0 Å². The quantitative estimate of drug-likeness (QED) is 0.0290. The number of nitrogens with one attached hydrogen (secondary N) is 3. The van der Waals surface area contributed by atoms with Crippen molar-refractivity contribution in [2.45, 2.75) is 106 Å². The molecule has 0 saturated carbocycles. The van der Waals surface area contributed by atoms with E-state index in [1.54, 1.807) is 12.1 Å². The Kier molecular flexibility index (Phi) is 17.3. The number of aromatic hydroxyl groups is 2. The highest BCUT2D eigenvalue weighted by Gasteiger charge is 2.52. The molecule has 0 bridgehead atoms. The number of benzene rings is 4. The molecule has 2 aliphatic carbocycles. The van der Waals surface area contributed by atoms with Gasteiger partial charge in [-0.05, 0) is 48.4 Å². The number of ketones is 3. The number of methoxy groups -OCH3 is 1. The first-order valence-corrected chi connectivity index (χ1v) is 24.4. The Morgan fingerprint density at radius 1 is 0.759 bits per heavy atom. The highest BCUT2D eigenvalue weighted by molar-refractivity contribution is 6.31. The summed E-state index contributed by atoms with van der Waals surface area (Å²) in [5.74, 6) is -5.44. The average Bonchev–Trinajstić information content (AvgIpc) is 3.56. The number of aliphatic hydroxyl groups excluding tert-OH is 5. The molecule has 0 aromatic heterocycles. The molecule has 2 heterocycles. The number of rotatable bonds is 16. The van der Waals surface area contributed by atoms with Crippen LogP contribution in [0.2, 0.25) is 0 Å². The molecule has 11 N–H and O–H groups in total. The second-order valence-electron chi connectivity index (χ2n) is 18.8. The van der Waals surface area contributed by atoms with Gasteiger partial charge in [-0.1, -0.05) is 49.1 Å². The number of esters is 1. The summed E-state index contributed by atoms with van der Waals surface area (Å²) >= 11 is 0. The summed E-state index contributed by atoms with van der Waals surface area (Å²) in [6, 6.07) is 15.1. The van der Waals surface area contributed by atoms with Crippen molar-refractivity contribution >= 4 is 53.0 Å². The molecule has 11 atom stereocenters. The molecule has 4 aromatic carbocycles. The number of aliphatic hydroxyl groups is 6. The van der Waals surface area contributed by atoms with Crippen molar-refractivity contribution in [1.29, 1.82) is 0 Å². The number of ether oxygens (including phenoxy) is 8. The minimum Gasteiger partial charge on any atom is -0.507 e. The fraction of sp³-hybridized carbons (Fsp3) is 0.377. The van der Waals surface area contributed by atoms with Crippen LogP contribution in [-0.2, 0) is 62.4 Å². The summed E-state index contributed by atoms with van der Waals surface area (Å²) in [6.07, 6.45) is -17.9. The van der Waals surface area contributed by atoms with Gasteiger partial charge in [0.05, 0.1) is 42.0 Å². The molecule has 2 fully saturated rings. The van der Waals surface area contributed by atoms with Crippen LogP contribution in [0.4, 0.5) is 25.8 Å². The number of amides is 3. The SMILES string of the molecule is C=CCOC(=O)[C@H]1O[C@@H](OC(=O)Nc2ccc(COC(=O)Nc3ccc(COC(=O)N[C@H]4C[C@H](O[C@H]5C[C@](O)(C(=O)CO)Cc6c(O)c7c(c(O)c65)C(=O)c5c(OC)cccc5C7=O)O[C@@H](C)[C@H]4O)cc3)cc2)[C@H](O)[C@@H](O)[C@@H]1O. The van der Waals surface area contributed by atoms with E-state index >= 15 is 0 Å². The first kappa shape index (κ1) is 57.1. The lowest BCUT2D eigenvalue weighted by atomic mass is 9.72. The maximum absolute atomic E-state index is 14.0. The van der Waals surface area contributed by atoms with Crippen molar-refractivity contribution in [3.63, 3.8) is 0 Å². The minimum absolute atomic E-state index is 0.0223. The van der Waals surface area contributed by atoms with Gasteiger partial charge < -0.3 is 84.1 Å². The van der Waals surface area contributed by atoms with Crippen molar-refractivity contribution in [2.24, 2.45) is 0 Å². The van der Waals surface area contributed by atoms with Crippen LogP contribution in [0.15, 0.2) is 79.4 Å². The van der Waals surface area contributed by atoms with E-state index in [2.05, 4.69) is 22.5 Å². The molecule has 79 heavy (non-hydrogen) atoms. The second kappa shape index (κ2) is 23.9. The standard InChI is InChI=1S/C53H55N3O23/c1-4-16-73-48(67)47-45(65)44(64)46(66)49(78-47)79-52(70)55-27-14-10-24(11-15-27)21-74-50(68)54-26-12-8-25(9-13-26)22-75-51(69)56-30-17-34(76-23(2)39(30)59)77-32-19-53(71,33(58)20-57)18-29-36(32)43(63)38-37(41(29)61)40(60)28-6-5-7-31(72-3)35(28)42(38)62/h4-15,23,30,32,34,39,44-47,49,57,59,61,63-66,71H,1,16-22H2,2-3H3,(H,54,68)(H,55,70)(H,56,69)/t23-,30-,32-,34-,39+,44-,45-,46+,47-,49-,53-/m0/s1. The molecule has 2 aliphatic heterocycles. The van der Waals surface area contributed by atoms with Crippen LogP contribution in [0, 0.1) is 0 Å². The topological polar surface area (TPSA) is 391 Å². The Labute approximate surface area is 448 Å². The van der Waals surface area contributed by atoms with Crippen LogP contribution in [0.5, 0.6) is 17.2 Å². The minimum atomic E-state index is -2.41. The van der Waals surface area contributed by atoms with Gasteiger partial charge in [0, 0.05) is 47.3 Å². The van der Waals surface area contributed by atoms with Gasteiger partial charge in [-0.25, -0.2) is 19.2 Å². The number of carbonyl (C=O) groups is 7. The largest absolute Gasteiger partial charge is 0.507 e. The van der Waals surface area contributed by atoms with Crippen LogP contribution in [0.3, 0.4) is 0 Å². The van der Waals surface area contributed by atoms with E-state index < -0.39 is 151 Å². The van der Waals surface area contributed by atoms with E-state index in [9.17, 15) is 74.4 Å². The van der Waals surface area contributed by atoms with Crippen LogP contribution < -0.4 is 20.7 Å². The first-order chi connectivity index (χ1) is 37.7. The van der Waals surface area contributed by atoms with Gasteiger partial charge >= 0.3 is 24.2 Å². The highest BCUT2D eigenvalue weighted by Crippen LogP contribution is 2.52. The summed E-state index contributed by atoms with van der Waals surface area (Å²) in [5.41, 5.74) is -2.92. The van der Waals surface area contributed by atoms with Gasteiger partial charge in [-0.3, -0.25) is 25.0 Å². The monoisotopic (exact) mass is 1100 g/mol. The molecule has 0 radical (unpaired) electrons. The molecule has 26 heteroatoms. The molecule has 8 rings (SSSR count). The summed E-state index contributed by atoms with van der Waals surface area (Å²) in [6.45, 7) is 3.03. The van der Waals surface area contributed by atoms with Gasteiger partial charge in [0.15, 0.2) is 24.0 Å². The van der Waals surface area contributed by atoms with Crippen LogP contribution in [0.1, 0.15) is 80.0 Å². The lowest BCUT2D eigenvalue weighted by Gasteiger charge is -2.42. The van der Waals surface area contributed by atoms with Crippen molar-refractivity contribution < 1.29 is 112 Å². The molecular formula is C53H55N3O23. The van der Waals surface area contributed by atoms with Crippen molar-refractivity contribution in [3.8, 4) is 17.2 Å². The number of Topliss-reactive ketones (excluding diaryl/α,β-unsaturated/α-hetero) is 1. The predicted octanol–water partition coefficient (Wildman–Crippen LogP) is 1.80. The molecule has 0 spiro atoms. The zero-order valence-corrected chi connectivity index (χ0v) is 42.1. The van der Waals surface area contributed by atoms with Gasteiger partial charge in [0.25, 0.3) is 0 Å². The number of fused-ring (bicyclic) bond motifs is 3. The number of carbonyl (C=O) groups excluding carboxylic acids is 7. The predicted molar refractivity (Wildman–Crippen MR) is 266 cm³/mol.